The summed E-state index contributed by atoms with van der Waals surface area (Å²) < 4.78 is 0. The lowest BCUT2D eigenvalue weighted by Crippen LogP contribution is -2.48. The van der Waals surface area contributed by atoms with Crippen LogP contribution in [0.25, 0.3) is 0 Å². The Morgan fingerprint density at radius 1 is 1.17 bits per heavy atom. The van der Waals surface area contributed by atoms with E-state index in [1.165, 1.54) is 19.3 Å². The van der Waals surface area contributed by atoms with Crippen molar-refractivity contribution in [2.24, 2.45) is 0 Å². The number of carbonyl (C=O) groups is 1. The first-order valence-corrected chi connectivity index (χ1v) is 9.43. The van der Waals surface area contributed by atoms with E-state index >= 15 is 0 Å². The first-order valence-electron chi connectivity index (χ1n) is 9.05. The van der Waals surface area contributed by atoms with E-state index < -0.39 is 5.60 Å². The molecule has 0 atom stereocenters. The fourth-order valence-electron chi connectivity index (χ4n) is 3.85. The summed E-state index contributed by atoms with van der Waals surface area (Å²) >= 11 is 5.92. The van der Waals surface area contributed by atoms with Gasteiger partial charge in [0.2, 0.25) is 5.91 Å². The molecule has 1 aromatic rings. The van der Waals surface area contributed by atoms with Gasteiger partial charge < -0.3 is 10.4 Å². The molecule has 1 aliphatic carbocycles. The fraction of sp³-hybridized carbons (Fsp3) is 0.632. The van der Waals surface area contributed by atoms with Crippen molar-refractivity contribution in [1.29, 1.82) is 0 Å². The molecule has 1 amide bonds. The Morgan fingerprint density at radius 2 is 1.79 bits per heavy atom. The molecule has 132 valence electrons. The van der Waals surface area contributed by atoms with Gasteiger partial charge in [-0.1, -0.05) is 43.0 Å². The molecule has 24 heavy (non-hydrogen) atoms. The maximum absolute atomic E-state index is 12.2. The molecule has 0 radical (unpaired) electrons. The minimum atomic E-state index is -0.805. The molecule has 1 heterocycles. The van der Waals surface area contributed by atoms with Crippen LogP contribution in [0.15, 0.2) is 24.3 Å². The highest BCUT2D eigenvalue weighted by atomic mass is 35.5. The molecule has 0 aromatic heterocycles. The summed E-state index contributed by atoms with van der Waals surface area (Å²) in [5.74, 6) is 0.124. The average molecular weight is 351 g/mol. The molecule has 5 heteroatoms. The average Bonchev–Trinajstić information content (AvgIpc) is 2.58. The van der Waals surface area contributed by atoms with Crippen molar-refractivity contribution in [3.8, 4) is 0 Å². The fourth-order valence-corrected chi connectivity index (χ4v) is 3.98. The van der Waals surface area contributed by atoms with Gasteiger partial charge in [-0.3, -0.25) is 9.69 Å². The number of halogens is 1. The Morgan fingerprint density at radius 3 is 2.42 bits per heavy atom. The highest BCUT2D eigenvalue weighted by Crippen LogP contribution is 2.33. The summed E-state index contributed by atoms with van der Waals surface area (Å²) in [5.41, 5.74) is 0.110. The Bertz CT molecular complexity index is 547. The van der Waals surface area contributed by atoms with E-state index in [4.69, 9.17) is 11.6 Å². The zero-order valence-electron chi connectivity index (χ0n) is 14.1. The van der Waals surface area contributed by atoms with E-state index in [0.717, 1.165) is 31.5 Å². The predicted octanol–water partition coefficient (Wildman–Crippen LogP) is 3.07. The summed E-state index contributed by atoms with van der Waals surface area (Å²) in [6.45, 7) is 1.90. The Labute approximate surface area is 149 Å². The van der Waals surface area contributed by atoms with E-state index in [1.54, 1.807) is 0 Å². The summed E-state index contributed by atoms with van der Waals surface area (Å²) in [5, 5.41) is 14.7. The highest BCUT2D eigenvalue weighted by Gasteiger charge is 2.34. The Kier molecular flexibility index (Phi) is 5.80. The van der Waals surface area contributed by atoms with Gasteiger partial charge in [0.25, 0.3) is 0 Å². The van der Waals surface area contributed by atoms with Crippen molar-refractivity contribution >= 4 is 17.5 Å². The van der Waals surface area contributed by atoms with Crippen LogP contribution >= 0.6 is 11.6 Å². The first kappa shape index (κ1) is 17.7. The van der Waals surface area contributed by atoms with Crippen molar-refractivity contribution in [3.05, 3.63) is 34.9 Å². The summed E-state index contributed by atoms with van der Waals surface area (Å²) in [4.78, 5) is 14.4. The van der Waals surface area contributed by atoms with Crippen LogP contribution in [0.4, 0.5) is 0 Å². The van der Waals surface area contributed by atoms with Crippen molar-refractivity contribution < 1.29 is 9.90 Å². The number of carbonyl (C=O) groups excluding carboxylic acids is 1. The summed E-state index contributed by atoms with van der Waals surface area (Å²) in [7, 11) is 0. The zero-order chi connectivity index (χ0) is 17.0. The van der Waals surface area contributed by atoms with Crippen LogP contribution < -0.4 is 5.32 Å². The van der Waals surface area contributed by atoms with Crippen LogP contribution in [0.2, 0.25) is 5.02 Å². The standard InChI is InChI=1S/C19H27ClN2O2/c20-16-8-6-15(7-9-16)19(24)10-12-22(13-11-19)14-18(23)21-17-4-2-1-3-5-17/h6-9,17,24H,1-5,10-14H2,(H,21,23). The van der Waals surface area contributed by atoms with Gasteiger partial charge in [-0.25, -0.2) is 0 Å². The molecule has 1 saturated carbocycles. The molecule has 1 saturated heterocycles. The molecule has 0 unspecified atom stereocenters. The molecule has 0 bridgehead atoms. The maximum Gasteiger partial charge on any atom is 0.234 e. The van der Waals surface area contributed by atoms with Crippen LogP contribution in [-0.2, 0) is 10.4 Å². The zero-order valence-corrected chi connectivity index (χ0v) is 14.9. The van der Waals surface area contributed by atoms with Gasteiger partial charge in [-0.15, -0.1) is 0 Å². The minimum absolute atomic E-state index is 0.124. The largest absolute Gasteiger partial charge is 0.385 e. The lowest BCUT2D eigenvalue weighted by atomic mass is 9.84. The molecule has 3 rings (SSSR count). The van der Waals surface area contributed by atoms with Crippen molar-refractivity contribution in [3.63, 3.8) is 0 Å². The lowest BCUT2D eigenvalue weighted by Gasteiger charge is -2.38. The van der Waals surface area contributed by atoms with E-state index in [-0.39, 0.29) is 5.91 Å². The molecule has 1 aliphatic heterocycles. The minimum Gasteiger partial charge on any atom is -0.385 e. The van der Waals surface area contributed by atoms with Crippen LogP contribution in [0.3, 0.4) is 0 Å². The number of amides is 1. The number of benzene rings is 1. The normalized spacial score (nSPS) is 22.2. The molecule has 2 fully saturated rings. The quantitative estimate of drug-likeness (QED) is 0.877. The second-order valence-corrected chi connectivity index (χ2v) is 7.65. The number of rotatable bonds is 4. The maximum atomic E-state index is 12.2. The predicted molar refractivity (Wildman–Crippen MR) is 96.0 cm³/mol. The Balaban J connectivity index is 1.47. The second kappa shape index (κ2) is 7.85. The van der Waals surface area contributed by atoms with Gasteiger partial charge in [-0.2, -0.15) is 0 Å². The number of nitrogens with one attached hydrogen (secondary N) is 1. The third kappa shape index (κ3) is 4.50. The number of hydrogen-bond donors (Lipinski definition) is 2. The van der Waals surface area contributed by atoms with E-state index in [2.05, 4.69) is 10.2 Å². The van der Waals surface area contributed by atoms with Crippen molar-refractivity contribution in [2.45, 2.75) is 56.6 Å². The molecule has 2 N–H and O–H groups in total. The first-order chi connectivity index (χ1) is 11.5. The van der Waals surface area contributed by atoms with Crippen molar-refractivity contribution in [2.75, 3.05) is 19.6 Å². The number of hydrogen-bond acceptors (Lipinski definition) is 3. The van der Waals surface area contributed by atoms with Gasteiger partial charge in [-0.05, 0) is 43.4 Å². The van der Waals surface area contributed by atoms with Gasteiger partial charge in [0.1, 0.15) is 0 Å². The molecule has 1 aromatic carbocycles. The third-order valence-electron chi connectivity index (χ3n) is 5.40. The van der Waals surface area contributed by atoms with E-state index in [9.17, 15) is 9.90 Å². The molecule has 0 spiro atoms. The van der Waals surface area contributed by atoms with Gasteiger partial charge >= 0.3 is 0 Å². The van der Waals surface area contributed by atoms with Gasteiger partial charge in [0.15, 0.2) is 0 Å². The van der Waals surface area contributed by atoms with Gasteiger partial charge in [0.05, 0.1) is 12.1 Å². The number of nitrogens with zero attached hydrogens (tertiary/aromatic N) is 1. The molecule has 2 aliphatic rings. The van der Waals surface area contributed by atoms with Crippen LogP contribution in [-0.4, -0.2) is 41.6 Å². The second-order valence-electron chi connectivity index (χ2n) is 7.22. The smallest absolute Gasteiger partial charge is 0.234 e. The van der Waals surface area contributed by atoms with E-state index in [1.807, 2.05) is 24.3 Å². The number of piperidine rings is 1. The number of aliphatic hydroxyl groups is 1. The van der Waals surface area contributed by atoms with Crippen LogP contribution in [0, 0.1) is 0 Å². The molecular weight excluding hydrogens is 324 g/mol. The monoisotopic (exact) mass is 350 g/mol. The summed E-state index contributed by atoms with van der Waals surface area (Å²) in [6.07, 6.45) is 7.26. The topological polar surface area (TPSA) is 52.6 Å². The van der Waals surface area contributed by atoms with Crippen molar-refractivity contribution in [1.82, 2.24) is 10.2 Å². The van der Waals surface area contributed by atoms with Crippen LogP contribution in [0.5, 0.6) is 0 Å². The highest BCUT2D eigenvalue weighted by molar-refractivity contribution is 6.30. The Hall–Kier alpha value is -1.10. The number of likely N-dealkylation sites (tertiary alicyclic amines) is 1. The summed E-state index contributed by atoms with van der Waals surface area (Å²) in [6, 6.07) is 7.79. The van der Waals surface area contributed by atoms with E-state index in [0.29, 0.717) is 30.5 Å². The molecular formula is C19H27ClN2O2. The molecule has 4 nitrogen and oxygen atoms in total. The lowest BCUT2D eigenvalue weighted by molar-refractivity contribution is -0.124. The third-order valence-corrected chi connectivity index (χ3v) is 5.65. The van der Waals surface area contributed by atoms with Gasteiger partial charge in [0, 0.05) is 24.2 Å². The van der Waals surface area contributed by atoms with Crippen LogP contribution in [0.1, 0.15) is 50.5 Å². The SMILES string of the molecule is O=C(CN1CCC(O)(c2ccc(Cl)cc2)CC1)NC1CCCCC1.